The van der Waals surface area contributed by atoms with Gasteiger partial charge in [0, 0.05) is 38.0 Å². The Morgan fingerprint density at radius 2 is 1.52 bits per heavy atom. The van der Waals surface area contributed by atoms with E-state index in [2.05, 4.69) is 11.8 Å². The molecule has 0 aromatic carbocycles. The Bertz CT molecular complexity index is 354. The summed E-state index contributed by atoms with van der Waals surface area (Å²) in [5, 5.41) is 0. The zero-order chi connectivity index (χ0) is 15.2. The van der Waals surface area contributed by atoms with Crippen LogP contribution < -0.4 is 0 Å². The van der Waals surface area contributed by atoms with Gasteiger partial charge >= 0.3 is 0 Å². The molecule has 2 rings (SSSR count). The molecule has 21 heavy (non-hydrogen) atoms. The first-order valence-corrected chi connectivity index (χ1v) is 8.71. The van der Waals surface area contributed by atoms with Gasteiger partial charge < -0.3 is 9.80 Å². The second-order valence-corrected chi connectivity index (χ2v) is 6.65. The molecular formula is C17H30N2O2. The van der Waals surface area contributed by atoms with Crippen molar-refractivity contribution in [2.24, 2.45) is 11.8 Å². The normalized spacial score (nSPS) is 22.8. The number of hydrogen-bond acceptors (Lipinski definition) is 2. The number of piperidine rings is 1. The van der Waals surface area contributed by atoms with Crippen molar-refractivity contribution in [1.82, 2.24) is 9.80 Å². The molecule has 2 aliphatic rings. The minimum atomic E-state index is 0.114. The Morgan fingerprint density at radius 3 is 2.05 bits per heavy atom. The number of nitrogens with zero attached hydrogens (tertiary/aromatic N) is 2. The lowest BCUT2D eigenvalue weighted by Gasteiger charge is -2.35. The summed E-state index contributed by atoms with van der Waals surface area (Å²) in [7, 11) is 0. The highest BCUT2D eigenvalue weighted by molar-refractivity contribution is 5.81. The molecule has 2 fully saturated rings. The number of hydrogen-bond donors (Lipinski definition) is 0. The number of likely N-dealkylation sites (tertiary alicyclic amines) is 2. The first-order valence-electron chi connectivity index (χ1n) is 8.71. The fraction of sp³-hybridized carbons (Fsp3) is 0.882. The number of amides is 2. The molecule has 0 spiro atoms. The van der Waals surface area contributed by atoms with Gasteiger partial charge in [0.1, 0.15) is 0 Å². The van der Waals surface area contributed by atoms with Gasteiger partial charge in [-0.05, 0) is 32.1 Å². The largest absolute Gasteiger partial charge is 0.342 e. The van der Waals surface area contributed by atoms with Crippen molar-refractivity contribution in [2.75, 3.05) is 26.2 Å². The van der Waals surface area contributed by atoms with Gasteiger partial charge in [0.05, 0.1) is 0 Å². The first-order chi connectivity index (χ1) is 10.1. The van der Waals surface area contributed by atoms with Gasteiger partial charge in [-0.3, -0.25) is 9.59 Å². The molecule has 2 heterocycles. The van der Waals surface area contributed by atoms with Crippen molar-refractivity contribution in [2.45, 2.75) is 58.8 Å². The summed E-state index contributed by atoms with van der Waals surface area (Å²) in [6.45, 7) is 7.44. The second-order valence-electron chi connectivity index (χ2n) is 6.65. The fourth-order valence-corrected chi connectivity index (χ4v) is 3.38. The second kappa shape index (κ2) is 7.81. The molecule has 0 aliphatic carbocycles. The molecule has 0 N–H and O–H groups in total. The molecule has 0 saturated carbocycles. The topological polar surface area (TPSA) is 40.6 Å². The summed E-state index contributed by atoms with van der Waals surface area (Å²) in [4.78, 5) is 28.8. The Hall–Kier alpha value is -1.06. The van der Waals surface area contributed by atoms with E-state index in [1.807, 2.05) is 11.8 Å². The summed E-state index contributed by atoms with van der Waals surface area (Å²) in [5.41, 5.74) is 0. The van der Waals surface area contributed by atoms with Crippen LogP contribution in [0.3, 0.4) is 0 Å². The summed E-state index contributed by atoms with van der Waals surface area (Å²) >= 11 is 0. The third-order valence-electron chi connectivity index (χ3n) is 5.11. The molecule has 2 amide bonds. The molecule has 2 aliphatic heterocycles. The van der Waals surface area contributed by atoms with Crippen LogP contribution in [0.25, 0.3) is 0 Å². The van der Waals surface area contributed by atoms with Crippen LogP contribution in [0, 0.1) is 11.8 Å². The summed E-state index contributed by atoms with van der Waals surface area (Å²) in [5.74, 6) is 0.859. The van der Waals surface area contributed by atoms with Crippen molar-refractivity contribution in [3.05, 3.63) is 0 Å². The molecular weight excluding hydrogens is 264 g/mol. The Balaban J connectivity index is 1.82. The maximum atomic E-state index is 12.6. The zero-order valence-corrected chi connectivity index (χ0v) is 13.6. The van der Waals surface area contributed by atoms with Gasteiger partial charge in [-0.25, -0.2) is 0 Å². The summed E-state index contributed by atoms with van der Waals surface area (Å²) in [6.07, 6.45) is 7.39. The van der Waals surface area contributed by atoms with E-state index in [4.69, 9.17) is 0 Å². The zero-order valence-electron chi connectivity index (χ0n) is 13.6. The standard InChI is InChI=1S/C17H30N2O2/c1-3-14(2)16(20)19-12-8-15(9-13-19)17(21)18-10-6-4-5-7-11-18/h14-15H,3-13H2,1-2H3. The molecule has 0 radical (unpaired) electrons. The SMILES string of the molecule is CCC(C)C(=O)N1CCC(C(=O)N2CCCCCC2)CC1. The van der Waals surface area contributed by atoms with Crippen molar-refractivity contribution in [1.29, 1.82) is 0 Å². The third-order valence-corrected chi connectivity index (χ3v) is 5.11. The highest BCUT2D eigenvalue weighted by Crippen LogP contribution is 2.23. The van der Waals surface area contributed by atoms with E-state index < -0.39 is 0 Å². The van der Waals surface area contributed by atoms with Crippen LogP contribution in [0.1, 0.15) is 58.8 Å². The highest BCUT2D eigenvalue weighted by atomic mass is 16.2. The molecule has 4 nitrogen and oxygen atoms in total. The lowest BCUT2D eigenvalue weighted by molar-refractivity contribution is -0.142. The third kappa shape index (κ3) is 4.21. The molecule has 1 atom stereocenters. The average Bonchev–Trinajstić information content (AvgIpc) is 2.82. The van der Waals surface area contributed by atoms with Gasteiger partial charge in [-0.1, -0.05) is 26.7 Å². The van der Waals surface area contributed by atoms with E-state index in [-0.39, 0.29) is 17.7 Å². The first kappa shape index (κ1) is 16.3. The predicted molar refractivity (Wildman–Crippen MR) is 83.8 cm³/mol. The molecule has 4 heteroatoms. The summed E-state index contributed by atoms with van der Waals surface area (Å²) < 4.78 is 0. The van der Waals surface area contributed by atoms with Gasteiger partial charge in [-0.15, -0.1) is 0 Å². The van der Waals surface area contributed by atoms with Crippen LogP contribution in [0.4, 0.5) is 0 Å². The quantitative estimate of drug-likeness (QED) is 0.803. The van der Waals surface area contributed by atoms with E-state index in [0.717, 1.165) is 58.3 Å². The minimum Gasteiger partial charge on any atom is -0.342 e. The van der Waals surface area contributed by atoms with Crippen molar-refractivity contribution >= 4 is 11.8 Å². The Labute approximate surface area is 128 Å². The molecule has 0 aromatic rings. The molecule has 0 aromatic heterocycles. The van der Waals surface area contributed by atoms with Crippen molar-refractivity contribution in [3.8, 4) is 0 Å². The average molecular weight is 294 g/mol. The van der Waals surface area contributed by atoms with E-state index in [1.165, 1.54) is 12.8 Å². The molecule has 2 saturated heterocycles. The van der Waals surface area contributed by atoms with E-state index >= 15 is 0 Å². The number of carbonyl (C=O) groups excluding carboxylic acids is 2. The van der Waals surface area contributed by atoms with Crippen LogP contribution in [0.5, 0.6) is 0 Å². The van der Waals surface area contributed by atoms with Gasteiger partial charge in [0.25, 0.3) is 0 Å². The van der Waals surface area contributed by atoms with Crippen molar-refractivity contribution < 1.29 is 9.59 Å². The number of carbonyl (C=O) groups is 2. The fourth-order valence-electron chi connectivity index (χ4n) is 3.38. The van der Waals surface area contributed by atoms with Gasteiger partial charge in [-0.2, -0.15) is 0 Å². The molecule has 0 bridgehead atoms. The highest BCUT2D eigenvalue weighted by Gasteiger charge is 2.31. The lowest BCUT2D eigenvalue weighted by atomic mass is 9.94. The van der Waals surface area contributed by atoms with Gasteiger partial charge in [0.15, 0.2) is 0 Å². The monoisotopic (exact) mass is 294 g/mol. The van der Waals surface area contributed by atoms with Crippen molar-refractivity contribution in [3.63, 3.8) is 0 Å². The van der Waals surface area contributed by atoms with Crippen LogP contribution in [-0.4, -0.2) is 47.8 Å². The Morgan fingerprint density at radius 1 is 0.952 bits per heavy atom. The van der Waals surface area contributed by atoms with Gasteiger partial charge in [0.2, 0.25) is 11.8 Å². The van der Waals surface area contributed by atoms with Crippen LogP contribution in [-0.2, 0) is 9.59 Å². The predicted octanol–water partition coefficient (Wildman–Crippen LogP) is 2.67. The Kier molecular flexibility index (Phi) is 6.07. The maximum absolute atomic E-state index is 12.6. The van der Waals surface area contributed by atoms with Crippen LogP contribution in [0.2, 0.25) is 0 Å². The lowest BCUT2D eigenvalue weighted by Crippen LogP contribution is -2.45. The smallest absolute Gasteiger partial charge is 0.225 e. The molecule has 120 valence electrons. The van der Waals surface area contributed by atoms with E-state index in [9.17, 15) is 9.59 Å². The van der Waals surface area contributed by atoms with Crippen LogP contribution in [0.15, 0.2) is 0 Å². The number of rotatable bonds is 3. The maximum Gasteiger partial charge on any atom is 0.225 e. The summed E-state index contributed by atoms with van der Waals surface area (Å²) in [6, 6.07) is 0. The van der Waals surface area contributed by atoms with Crippen LogP contribution >= 0.6 is 0 Å². The van der Waals surface area contributed by atoms with E-state index in [0.29, 0.717) is 5.91 Å². The van der Waals surface area contributed by atoms with E-state index in [1.54, 1.807) is 0 Å². The minimum absolute atomic E-state index is 0.114. The molecule has 1 unspecified atom stereocenters.